The summed E-state index contributed by atoms with van der Waals surface area (Å²) in [4.78, 5) is 11.5. The Balaban J connectivity index is 2.05. The predicted molar refractivity (Wildman–Crippen MR) is 63.8 cm³/mol. The number of rotatable bonds is 8. The van der Waals surface area contributed by atoms with E-state index in [1.165, 1.54) is 0 Å². The Morgan fingerprint density at radius 1 is 1.12 bits per heavy atom. The standard InChI is InChI=1S/C13H18O4/c1-15-11-16-9-5-6-10-17-13(14)12-7-3-2-4-8-12/h2-4,7-8H,5-6,9-11H2,1H3. The van der Waals surface area contributed by atoms with E-state index in [1.54, 1.807) is 19.2 Å². The number of ether oxygens (including phenoxy) is 3. The molecule has 0 aliphatic heterocycles. The van der Waals surface area contributed by atoms with E-state index in [-0.39, 0.29) is 5.97 Å². The third-order valence-corrected chi connectivity index (χ3v) is 2.13. The lowest BCUT2D eigenvalue weighted by Gasteiger charge is -2.05. The summed E-state index contributed by atoms with van der Waals surface area (Å²) in [6.45, 7) is 1.35. The van der Waals surface area contributed by atoms with Gasteiger partial charge >= 0.3 is 5.97 Å². The zero-order valence-electron chi connectivity index (χ0n) is 10.1. The number of benzene rings is 1. The molecule has 4 heteroatoms. The average Bonchev–Trinajstić information content (AvgIpc) is 2.38. The van der Waals surface area contributed by atoms with Gasteiger partial charge in [-0.3, -0.25) is 0 Å². The predicted octanol–water partition coefficient (Wildman–Crippen LogP) is 2.24. The van der Waals surface area contributed by atoms with E-state index >= 15 is 0 Å². The van der Waals surface area contributed by atoms with Crippen molar-refractivity contribution < 1.29 is 19.0 Å². The van der Waals surface area contributed by atoms with Crippen molar-refractivity contribution in [1.29, 1.82) is 0 Å². The molecule has 0 fully saturated rings. The maximum atomic E-state index is 11.5. The van der Waals surface area contributed by atoms with Crippen molar-refractivity contribution in [3.63, 3.8) is 0 Å². The van der Waals surface area contributed by atoms with Gasteiger partial charge in [-0.25, -0.2) is 4.79 Å². The summed E-state index contributed by atoms with van der Waals surface area (Å²) >= 11 is 0. The second-order valence-corrected chi connectivity index (χ2v) is 3.52. The summed E-state index contributed by atoms with van der Waals surface area (Å²) in [7, 11) is 1.58. The minimum atomic E-state index is -0.275. The molecule has 0 spiro atoms. The second kappa shape index (κ2) is 8.73. The highest BCUT2D eigenvalue weighted by Gasteiger charge is 2.04. The zero-order chi connectivity index (χ0) is 12.3. The molecule has 0 aliphatic rings. The molecular formula is C13H18O4. The lowest BCUT2D eigenvalue weighted by atomic mass is 10.2. The highest BCUT2D eigenvalue weighted by molar-refractivity contribution is 5.89. The van der Waals surface area contributed by atoms with E-state index in [1.807, 2.05) is 18.2 Å². The molecule has 1 rings (SSSR count). The summed E-state index contributed by atoms with van der Waals surface area (Å²) in [5.74, 6) is -0.275. The van der Waals surface area contributed by atoms with Crippen LogP contribution in [0.3, 0.4) is 0 Å². The number of carbonyl (C=O) groups is 1. The maximum Gasteiger partial charge on any atom is 0.338 e. The smallest absolute Gasteiger partial charge is 0.338 e. The van der Waals surface area contributed by atoms with E-state index in [0.717, 1.165) is 12.8 Å². The minimum Gasteiger partial charge on any atom is -0.462 e. The molecule has 0 saturated heterocycles. The molecule has 94 valence electrons. The number of hydrogen-bond acceptors (Lipinski definition) is 4. The van der Waals surface area contributed by atoms with Gasteiger partial charge in [0.1, 0.15) is 6.79 Å². The molecule has 0 N–H and O–H groups in total. The maximum absolute atomic E-state index is 11.5. The number of unbranched alkanes of at least 4 members (excludes halogenated alkanes) is 1. The first-order valence-corrected chi connectivity index (χ1v) is 5.63. The SMILES string of the molecule is COCOCCCCOC(=O)c1ccccc1. The van der Waals surface area contributed by atoms with Crippen LogP contribution in [0.5, 0.6) is 0 Å². The third kappa shape index (κ3) is 6.04. The van der Waals surface area contributed by atoms with Gasteiger partial charge in [-0.15, -0.1) is 0 Å². The fraction of sp³-hybridized carbons (Fsp3) is 0.462. The van der Waals surface area contributed by atoms with Crippen LogP contribution in [0.4, 0.5) is 0 Å². The Morgan fingerprint density at radius 2 is 1.82 bits per heavy atom. The summed E-state index contributed by atoms with van der Waals surface area (Å²) in [6.07, 6.45) is 1.65. The quantitative estimate of drug-likeness (QED) is 0.396. The van der Waals surface area contributed by atoms with Gasteiger partial charge in [0.25, 0.3) is 0 Å². The molecule has 0 atom stereocenters. The van der Waals surface area contributed by atoms with E-state index in [2.05, 4.69) is 0 Å². The first kappa shape index (κ1) is 13.7. The molecule has 1 aromatic rings. The second-order valence-electron chi connectivity index (χ2n) is 3.52. The minimum absolute atomic E-state index is 0.275. The van der Waals surface area contributed by atoms with E-state index in [0.29, 0.717) is 25.6 Å². The number of carbonyl (C=O) groups excluding carboxylic acids is 1. The highest BCUT2D eigenvalue weighted by atomic mass is 16.7. The Labute approximate surface area is 101 Å². The normalized spacial score (nSPS) is 10.2. The molecule has 4 nitrogen and oxygen atoms in total. The summed E-state index contributed by atoms with van der Waals surface area (Å²) in [5.41, 5.74) is 0.586. The molecule has 17 heavy (non-hydrogen) atoms. The number of esters is 1. The van der Waals surface area contributed by atoms with E-state index in [4.69, 9.17) is 14.2 Å². The van der Waals surface area contributed by atoms with Crippen LogP contribution in [0.2, 0.25) is 0 Å². The third-order valence-electron chi connectivity index (χ3n) is 2.13. The first-order chi connectivity index (χ1) is 8.34. The molecule has 0 aliphatic carbocycles. The van der Waals surface area contributed by atoms with Crippen molar-refractivity contribution in [2.75, 3.05) is 27.1 Å². The van der Waals surface area contributed by atoms with Crippen LogP contribution in [0, 0.1) is 0 Å². The molecule has 0 aromatic heterocycles. The fourth-order valence-corrected chi connectivity index (χ4v) is 1.27. The van der Waals surface area contributed by atoms with Gasteiger partial charge in [0.15, 0.2) is 0 Å². The van der Waals surface area contributed by atoms with Crippen molar-refractivity contribution in [3.8, 4) is 0 Å². The van der Waals surface area contributed by atoms with Crippen LogP contribution in [-0.4, -0.2) is 33.1 Å². The summed E-state index contributed by atoms with van der Waals surface area (Å²) in [6, 6.07) is 8.97. The van der Waals surface area contributed by atoms with Gasteiger partial charge in [-0.1, -0.05) is 18.2 Å². The molecule has 0 unspecified atom stereocenters. The number of methoxy groups -OCH3 is 1. The Hall–Kier alpha value is -1.39. The van der Waals surface area contributed by atoms with Crippen molar-refractivity contribution in [2.24, 2.45) is 0 Å². The van der Waals surface area contributed by atoms with Gasteiger partial charge in [-0.2, -0.15) is 0 Å². The summed E-state index contributed by atoms with van der Waals surface area (Å²) in [5, 5.41) is 0. The lowest BCUT2D eigenvalue weighted by molar-refractivity contribution is -0.0325. The monoisotopic (exact) mass is 238 g/mol. The zero-order valence-corrected chi connectivity index (χ0v) is 10.1. The van der Waals surface area contributed by atoms with Crippen LogP contribution in [-0.2, 0) is 14.2 Å². The Bertz CT molecular complexity index is 310. The molecule has 1 aromatic carbocycles. The van der Waals surface area contributed by atoms with Crippen molar-refractivity contribution >= 4 is 5.97 Å². The molecule has 0 heterocycles. The average molecular weight is 238 g/mol. The van der Waals surface area contributed by atoms with Gasteiger partial charge in [-0.05, 0) is 25.0 Å². The van der Waals surface area contributed by atoms with Crippen LogP contribution in [0.15, 0.2) is 30.3 Å². The molecule has 0 radical (unpaired) electrons. The van der Waals surface area contributed by atoms with Crippen molar-refractivity contribution in [2.45, 2.75) is 12.8 Å². The molecule has 0 bridgehead atoms. The van der Waals surface area contributed by atoms with E-state index < -0.39 is 0 Å². The largest absolute Gasteiger partial charge is 0.462 e. The summed E-state index contributed by atoms with van der Waals surface area (Å²) < 4.78 is 15.0. The van der Waals surface area contributed by atoms with Gasteiger partial charge < -0.3 is 14.2 Å². The molecule has 0 saturated carbocycles. The number of hydrogen-bond donors (Lipinski definition) is 0. The van der Waals surface area contributed by atoms with Crippen LogP contribution in [0.25, 0.3) is 0 Å². The van der Waals surface area contributed by atoms with Crippen molar-refractivity contribution in [3.05, 3.63) is 35.9 Å². The van der Waals surface area contributed by atoms with Gasteiger partial charge in [0, 0.05) is 13.7 Å². The van der Waals surface area contributed by atoms with Crippen LogP contribution < -0.4 is 0 Å². The topological polar surface area (TPSA) is 44.8 Å². The Morgan fingerprint density at radius 3 is 2.53 bits per heavy atom. The van der Waals surface area contributed by atoms with Gasteiger partial charge in [0.2, 0.25) is 0 Å². The molecular weight excluding hydrogens is 220 g/mol. The molecule has 0 amide bonds. The lowest BCUT2D eigenvalue weighted by Crippen LogP contribution is -2.07. The fourth-order valence-electron chi connectivity index (χ4n) is 1.27. The Kier molecular flexibility index (Phi) is 7.02. The van der Waals surface area contributed by atoms with Gasteiger partial charge in [0.05, 0.1) is 12.2 Å². The first-order valence-electron chi connectivity index (χ1n) is 5.63. The van der Waals surface area contributed by atoms with Crippen LogP contribution in [0.1, 0.15) is 23.2 Å². The van der Waals surface area contributed by atoms with Crippen molar-refractivity contribution in [1.82, 2.24) is 0 Å². The van der Waals surface area contributed by atoms with E-state index in [9.17, 15) is 4.79 Å². The van der Waals surface area contributed by atoms with Crippen LogP contribution >= 0.6 is 0 Å². The highest BCUT2D eigenvalue weighted by Crippen LogP contribution is 2.02.